The average Bonchev–Trinajstić information content (AvgIpc) is 2.98. The molecule has 0 radical (unpaired) electrons. The van der Waals surface area contributed by atoms with Crippen molar-refractivity contribution in [1.29, 1.82) is 5.26 Å². The first-order chi connectivity index (χ1) is 14.0. The number of benzene rings is 2. The van der Waals surface area contributed by atoms with E-state index in [-0.39, 0.29) is 39.1 Å². The number of phenolic OH excluding ortho intramolecular Hbond substituents is 1. The van der Waals surface area contributed by atoms with Gasteiger partial charge < -0.3 is 5.11 Å². The van der Waals surface area contributed by atoms with Gasteiger partial charge in [0.15, 0.2) is 0 Å². The smallest absolute Gasteiger partial charge is 0.262 e. The summed E-state index contributed by atoms with van der Waals surface area (Å²) < 4.78 is 0.241. The second-order valence-electron chi connectivity index (χ2n) is 6.18. The number of carbonyl (C=O) groups is 2. The van der Waals surface area contributed by atoms with E-state index in [1.165, 1.54) is 12.1 Å². The Hall–Kier alpha value is -3.64. The number of pyridine rings is 1. The number of imide groups is 1. The van der Waals surface area contributed by atoms with Gasteiger partial charge in [0, 0.05) is 18.1 Å². The van der Waals surface area contributed by atoms with Crippen molar-refractivity contribution in [3.8, 4) is 11.8 Å². The molecule has 1 N–H and O–H groups in total. The SMILES string of the molecule is CCN1C(=O)c2cc(C#N)c(/N=N/c3ccc(O)c4ncccc34)c(Br)c2C1=O. The quantitative estimate of drug-likeness (QED) is 0.462. The van der Waals surface area contributed by atoms with Gasteiger partial charge in [0.1, 0.15) is 23.0 Å². The van der Waals surface area contributed by atoms with E-state index in [2.05, 4.69) is 31.1 Å². The number of rotatable bonds is 3. The second-order valence-corrected chi connectivity index (χ2v) is 6.97. The third-order valence-electron chi connectivity index (χ3n) is 4.59. The maximum atomic E-state index is 12.6. The number of phenols is 1. The number of aromatic hydroxyl groups is 1. The molecule has 0 aliphatic carbocycles. The molecule has 142 valence electrons. The predicted octanol–water partition coefficient (Wildman–Crippen LogP) is 4.61. The largest absolute Gasteiger partial charge is 0.506 e. The van der Waals surface area contributed by atoms with Crippen molar-refractivity contribution in [1.82, 2.24) is 9.88 Å². The molecular weight excluding hydrogens is 438 g/mol. The molecule has 2 heterocycles. The topological polar surface area (TPSA) is 119 Å². The van der Waals surface area contributed by atoms with E-state index in [1.54, 1.807) is 31.3 Å². The zero-order valence-corrected chi connectivity index (χ0v) is 16.6. The molecule has 2 aromatic carbocycles. The summed E-state index contributed by atoms with van der Waals surface area (Å²) in [7, 11) is 0. The maximum Gasteiger partial charge on any atom is 0.262 e. The van der Waals surface area contributed by atoms with Gasteiger partial charge in [0.2, 0.25) is 0 Å². The van der Waals surface area contributed by atoms with Gasteiger partial charge in [-0.25, -0.2) is 0 Å². The van der Waals surface area contributed by atoms with E-state index in [9.17, 15) is 20.0 Å². The minimum Gasteiger partial charge on any atom is -0.506 e. The molecule has 2 amide bonds. The van der Waals surface area contributed by atoms with Crippen molar-refractivity contribution in [2.45, 2.75) is 6.92 Å². The molecule has 1 aromatic heterocycles. The molecule has 0 saturated carbocycles. The third-order valence-corrected chi connectivity index (χ3v) is 5.37. The van der Waals surface area contributed by atoms with Crippen LogP contribution in [-0.2, 0) is 0 Å². The molecule has 0 spiro atoms. The fourth-order valence-corrected chi connectivity index (χ4v) is 3.87. The minimum absolute atomic E-state index is 0.0136. The average molecular weight is 450 g/mol. The minimum atomic E-state index is -0.445. The lowest BCUT2D eigenvalue weighted by Gasteiger charge is -2.09. The summed E-state index contributed by atoms with van der Waals surface area (Å²) in [5.41, 5.74) is 1.40. The monoisotopic (exact) mass is 449 g/mol. The second kappa shape index (κ2) is 7.07. The molecule has 1 aliphatic heterocycles. The summed E-state index contributed by atoms with van der Waals surface area (Å²) >= 11 is 3.33. The van der Waals surface area contributed by atoms with E-state index >= 15 is 0 Å². The summed E-state index contributed by atoms with van der Waals surface area (Å²) in [6.45, 7) is 1.93. The number of carbonyl (C=O) groups excluding carboxylic acids is 2. The van der Waals surface area contributed by atoms with E-state index in [4.69, 9.17) is 0 Å². The van der Waals surface area contributed by atoms with Gasteiger partial charge in [-0.05, 0) is 53.2 Å². The molecule has 29 heavy (non-hydrogen) atoms. The van der Waals surface area contributed by atoms with Crippen LogP contribution in [0.15, 0.2) is 51.2 Å². The Kier molecular flexibility index (Phi) is 4.56. The number of nitriles is 1. The highest BCUT2D eigenvalue weighted by molar-refractivity contribution is 9.10. The Labute approximate surface area is 173 Å². The number of hydrogen-bond donors (Lipinski definition) is 1. The van der Waals surface area contributed by atoms with Crippen LogP contribution >= 0.6 is 15.9 Å². The molecule has 3 aromatic rings. The first-order valence-corrected chi connectivity index (χ1v) is 9.38. The van der Waals surface area contributed by atoms with Gasteiger partial charge in [-0.3, -0.25) is 19.5 Å². The number of hydrogen-bond acceptors (Lipinski definition) is 7. The van der Waals surface area contributed by atoms with Crippen molar-refractivity contribution in [2.24, 2.45) is 10.2 Å². The molecular formula is C20H12BrN5O3. The Morgan fingerprint density at radius 2 is 2.03 bits per heavy atom. The highest BCUT2D eigenvalue weighted by Crippen LogP contribution is 2.40. The van der Waals surface area contributed by atoms with E-state index in [0.29, 0.717) is 16.6 Å². The van der Waals surface area contributed by atoms with Gasteiger partial charge >= 0.3 is 0 Å². The van der Waals surface area contributed by atoms with Crippen LogP contribution < -0.4 is 0 Å². The predicted molar refractivity (Wildman–Crippen MR) is 107 cm³/mol. The number of fused-ring (bicyclic) bond motifs is 2. The molecule has 0 fully saturated rings. The van der Waals surface area contributed by atoms with E-state index in [1.807, 2.05) is 6.07 Å². The lowest BCUT2D eigenvalue weighted by Crippen LogP contribution is -2.29. The Morgan fingerprint density at radius 1 is 1.24 bits per heavy atom. The summed E-state index contributed by atoms with van der Waals surface area (Å²) in [5.74, 6) is -0.872. The van der Waals surface area contributed by atoms with Crippen LogP contribution in [0.3, 0.4) is 0 Å². The van der Waals surface area contributed by atoms with Crippen molar-refractivity contribution in [3.05, 3.63) is 57.7 Å². The number of nitrogens with zero attached hydrogens (tertiary/aromatic N) is 5. The molecule has 4 rings (SSSR count). The van der Waals surface area contributed by atoms with E-state index in [0.717, 1.165) is 4.90 Å². The number of halogens is 1. The Balaban J connectivity index is 1.87. The van der Waals surface area contributed by atoms with Crippen molar-refractivity contribution < 1.29 is 14.7 Å². The van der Waals surface area contributed by atoms with Gasteiger partial charge in [0.05, 0.1) is 26.9 Å². The zero-order chi connectivity index (χ0) is 20.7. The molecule has 0 unspecified atom stereocenters. The van der Waals surface area contributed by atoms with Crippen LogP contribution in [0.5, 0.6) is 5.75 Å². The molecule has 0 atom stereocenters. The number of azo groups is 1. The highest BCUT2D eigenvalue weighted by Gasteiger charge is 2.38. The van der Waals surface area contributed by atoms with Crippen LogP contribution in [0, 0.1) is 11.3 Å². The lowest BCUT2D eigenvalue weighted by atomic mass is 10.0. The third kappa shape index (κ3) is 2.85. The van der Waals surface area contributed by atoms with Crippen LogP contribution in [0.4, 0.5) is 11.4 Å². The van der Waals surface area contributed by atoms with Crippen molar-refractivity contribution in [3.63, 3.8) is 0 Å². The van der Waals surface area contributed by atoms with E-state index < -0.39 is 11.8 Å². The van der Waals surface area contributed by atoms with Crippen molar-refractivity contribution >= 4 is 50.0 Å². The molecule has 9 heteroatoms. The van der Waals surface area contributed by atoms with Gasteiger partial charge in [-0.1, -0.05) is 0 Å². The van der Waals surface area contributed by atoms with Crippen LogP contribution in [-0.4, -0.2) is 33.3 Å². The zero-order valence-electron chi connectivity index (χ0n) is 15.0. The molecule has 0 saturated heterocycles. The first-order valence-electron chi connectivity index (χ1n) is 8.59. The summed E-state index contributed by atoms with van der Waals surface area (Å²) in [6, 6.07) is 9.83. The first kappa shape index (κ1) is 18.7. The van der Waals surface area contributed by atoms with Gasteiger partial charge in [0.25, 0.3) is 11.8 Å². The molecule has 1 aliphatic rings. The van der Waals surface area contributed by atoms with Gasteiger partial charge in [-0.15, -0.1) is 10.2 Å². The molecule has 0 bridgehead atoms. The summed E-state index contributed by atoms with van der Waals surface area (Å²) in [6.07, 6.45) is 1.55. The van der Waals surface area contributed by atoms with Crippen LogP contribution in [0.1, 0.15) is 33.2 Å². The summed E-state index contributed by atoms with van der Waals surface area (Å²) in [5, 5.41) is 28.4. The van der Waals surface area contributed by atoms with Crippen molar-refractivity contribution in [2.75, 3.05) is 6.54 Å². The fraction of sp³-hybridized carbons (Fsp3) is 0.100. The Morgan fingerprint density at radius 3 is 2.76 bits per heavy atom. The number of aromatic nitrogens is 1. The Bertz CT molecular complexity index is 1280. The fourth-order valence-electron chi connectivity index (χ4n) is 3.19. The summed E-state index contributed by atoms with van der Waals surface area (Å²) in [4.78, 5) is 30.2. The highest BCUT2D eigenvalue weighted by atomic mass is 79.9. The van der Waals surface area contributed by atoms with Gasteiger partial charge in [-0.2, -0.15) is 5.26 Å². The lowest BCUT2D eigenvalue weighted by molar-refractivity contribution is 0.0662. The number of amides is 2. The standard InChI is InChI=1S/C20H12BrN5O3/c1-2-26-19(28)12-8-10(9-22)17(16(21)15(12)20(26)29)25-24-13-5-6-14(27)18-11(13)4-3-7-23-18/h3-8,27H,2H2,1H3/b25-24+. The van der Waals surface area contributed by atoms with Crippen LogP contribution in [0.25, 0.3) is 10.9 Å². The molecule has 8 nitrogen and oxygen atoms in total. The maximum absolute atomic E-state index is 12.6. The van der Waals surface area contributed by atoms with Crippen LogP contribution in [0.2, 0.25) is 0 Å². The normalized spacial score (nSPS) is 13.3.